The monoisotopic (exact) mass is 315 g/mol. The molecule has 1 N–H and O–H groups in total. The van der Waals surface area contributed by atoms with Crippen LogP contribution in [0.3, 0.4) is 0 Å². The van der Waals surface area contributed by atoms with E-state index in [4.69, 9.17) is 9.47 Å². The molecule has 1 spiro atoms. The lowest BCUT2D eigenvalue weighted by Crippen LogP contribution is -2.68. The lowest BCUT2D eigenvalue weighted by Gasteiger charge is -2.63. The van der Waals surface area contributed by atoms with Gasteiger partial charge in [-0.1, -0.05) is 6.42 Å². The molecular formula is C18H25N3O2. The number of hydrogen-bond acceptors (Lipinski definition) is 5. The van der Waals surface area contributed by atoms with Crippen LogP contribution in [-0.4, -0.2) is 50.0 Å². The van der Waals surface area contributed by atoms with E-state index in [1.54, 1.807) is 0 Å². The Labute approximate surface area is 137 Å². The Morgan fingerprint density at radius 2 is 2.04 bits per heavy atom. The number of fused-ring (bicyclic) bond motifs is 2. The van der Waals surface area contributed by atoms with Crippen molar-refractivity contribution in [1.29, 1.82) is 0 Å². The molecule has 5 nitrogen and oxygen atoms in total. The first kappa shape index (κ1) is 14.1. The summed E-state index contributed by atoms with van der Waals surface area (Å²) in [6.45, 7) is 4.42. The summed E-state index contributed by atoms with van der Waals surface area (Å²) in [5, 5.41) is 3.79. The number of nitrogens with zero attached hydrogens (tertiary/aromatic N) is 2. The number of aromatic nitrogens is 1. The lowest BCUT2D eigenvalue weighted by atomic mass is 9.46. The van der Waals surface area contributed by atoms with E-state index in [1.807, 2.05) is 6.20 Å². The van der Waals surface area contributed by atoms with E-state index in [2.05, 4.69) is 27.3 Å². The fraction of sp³-hybridized carbons (Fsp3) is 0.722. The van der Waals surface area contributed by atoms with Crippen molar-refractivity contribution in [2.24, 2.45) is 11.3 Å². The number of rotatable bonds is 3. The third kappa shape index (κ3) is 2.09. The van der Waals surface area contributed by atoms with Gasteiger partial charge in [-0.3, -0.25) is 0 Å². The predicted molar refractivity (Wildman–Crippen MR) is 88.8 cm³/mol. The highest BCUT2D eigenvalue weighted by molar-refractivity contribution is 5.50. The van der Waals surface area contributed by atoms with Crippen LogP contribution in [-0.2, 0) is 9.47 Å². The number of morpholine rings is 1. The molecule has 3 atom stereocenters. The normalized spacial score (nSPS) is 34.6. The Balaban J connectivity index is 1.29. The molecule has 1 aromatic heterocycles. The molecule has 5 heteroatoms. The summed E-state index contributed by atoms with van der Waals surface area (Å²) in [4.78, 5) is 6.96. The zero-order valence-electron chi connectivity index (χ0n) is 13.5. The van der Waals surface area contributed by atoms with E-state index in [0.29, 0.717) is 23.5 Å². The Bertz CT molecular complexity index is 566. The van der Waals surface area contributed by atoms with Crippen molar-refractivity contribution < 1.29 is 9.47 Å². The highest BCUT2D eigenvalue weighted by Crippen LogP contribution is 2.63. The molecule has 0 radical (unpaired) electrons. The molecule has 23 heavy (non-hydrogen) atoms. The lowest BCUT2D eigenvalue weighted by molar-refractivity contribution is -0.158. The van der Waals surface area contributed by atoms with Crippen LogP contribution in [0.2, 0.25) is 0 Å². The van der Waals surface area contributed by atoms with E-state index in [1.165, 1.54) is 25.7 Å². The second-order valence-electron chi connectivity index (χ2n) is 7.46. The molecule has 3 heterocycles. The minimum Gasteiger partial charge on any atom is -0.380 e. The largest absolute Gasteiger partial charge is 0.380 e. The molecule has 2 saturated heterocycles. The van der Waals surface area contributed by atoms with Crippen LogP contribution in [0, 0.1) is 11.3 Å². The van der Waals surface area contributed by atoms with Crippen LogP contribution in [0.4, 0.5) is 11.5 Å². The first-order chi connectivity index (χ1) is 11.4. The maximum Gasteiger partial charge on any atom is 0.128 e. The van der Waals surface area contributed by atoms with Gasteiger partial charge in [0.2, 0.25) is 0 Å². The van der Waals surface area contributed by atoms with Crippen LogP contribution in [0.5, 0.6) is 0 Å². The summed E-state index contributed by atoms with van der Waals surface area (Å²) in [6, 6.07) is 4.91. The first-order valence-electron chi connectivity index (χ1n) is 9.04. The smallest absolute Gasteiger partial charge is 0.128 e. The van der Waals surface area contributed by atoms with Gasteiger partial charge in [-0.05, 0) is 31.4 Å². The molecule has 0 unspecified atom stereocenters. The summed E-state index contributed by atoms with van der Waals surface area (Å²) in [6.07, 6.45) is 7.74. The van der Waals surface area contributed by atoms with Crippen molar-refractivity contribution in [3.8, 4) is 0 Å². The van der Waals surface area contributed by atoms with Crippen LogP contribution in [0.25, 0.3) is 0 Å². The summed E-state index contributed by atoms with van der Waals surface area (Å²) in [5.41, 5.74) is 1.58. The number of hydrogen-bond donors (Lipinski definition) is 1. The third-order valence-corrected chi connectivity index (χ3v) is 6.44. The van der Waals surface area contributed by atoms with Crippen LogP contribution in [0.15, 0.2) is 18.3 Å². The van der Waals surface area contributed by atoms with Crippen molar-refractivity contribution in [1.82, 2.24) is 4.98 Å². The highest BCUT2D eigenvalue weighted by atomic mass is 16.5. The molecule has 0 aromatic carbocycles. The molecule has 124 valence electrons. The summed E-state index contributed by atoms with van der Waals surface area (Å²) >= 11 is 0. The second kappa shape index (κ2) is 5.35. The average Bonchev–Trinajstić information content (AvgIpc) is 2.98. The van der Waals surface area contributed by atoms with E-state index in [9.17, 15) is 0 Å². The third-order valence-electron chi connectivity index (χ3n) is 6.44. The van der Waals surface area contributed by atoms with Crippen LogP contribution < -0.4 is 10.2 Å². The maximum atomic E-state index is 6.00. The minimum absolute atomic E-state index is 0.421. The SMILES string of the molecule is c1cc(N2CCOCC2)ncc1N[C@@H]1[C@H]2CCO[C@@H]2C12CCC2. The molecule has 2 aliphatic carbocycles. The summed E-state index contributed by atoms with van der Waals surface area (Å²) < 4.78 is 11.4. The van der Waals surface area contributed by atoms with E-state index in [0.717, 1.165) is 44.4 Å². The fourth-order valence-electron chi connectivity index (χ4n) is 5.09. The molecule has 4 aliphatic rings. The van der Waals surface area contributed by atoms with Crippen molar-refractivity contribution in [3.05, 3.63) is 18.3 Å². The van der Waals surface area contributed by atoms with Crippen molar-refractivity contribution in [2.75, 3.05) is 43.1 Å². The molecule has 0 amide bonds. The van der Waals surface area contributed by atoms with Gasteiger partial charge in [0.15, 0.2) is 0 Å². The van der Waals surface area contributed by atoms with Crippen LogP contribution in [0.1, 0.15) is 25.7 Å². The van der Waals surface area contributed by atoms with Gasteiger partial charge < -0.3 is 19.7 Å². The summed E-state index contributed by atoms with van der Waals surface area (Å²) in [7, 11) is 0. The first-order valence-corrected chi connectivity index (χ1v) is 9.04. The molecule has 1 aromatic rings. The Hall–Kier alpha value is -1.33. The quantitative estimate of drug-likeness (QED) is 0.927. The van der Waals surface area contributed by atoms with Gasteiger partial charge in [0.1, 0.15) is 5.82 Å². The van der Waals surface area contributed by atoms with Crippen molar-refractivity contribution >= 4 is 11.5 Å². The summed E-state index contributed by atoms with van der Waals surface area (Å²) in [5.74, 6) is 1.77. The maximum absolute atomic E-state index is 6.00. The van der Waals surface area contributed by atoms with E-state index < -0.39 is 0 Å². The number of ether oxygens (including phenoxy) is 2. The highest BCUT2D eigenvalue weighted by Gasteiger charge is 2.66. The Morgan fingerprint density at radius 3 is 2.74 bits per heavy atom. The predicted octanol–water partition coefficient (Wildman–Crippen LogP) is 2.29. The molecule has 2 saturated carbocycles. The Morgan fingerprint density at radius 1 is 1.17 bits per heavy atom. The number of anilines is 2. The van der Waals surface area contributed by atoms with E-state index >= 15 is 0 Å². The van der Waals surface area contributed by atoms with Gasteiger partial charge in [-0.2, -0.15) is 0 Å². The van der Waals surface area contributed by atoms with Gasteiger partial charge >= 0.3 is 0 Å². The molecule has 2 aliphatic heterocycles. The standard InChI is InChI=1S/C18H25N3O2/c1-5-18(6-1)16(14-4-9-23-17(14)18)20-13-2-3-15(19-12-13)21-7-10-22-11-8-21/h2-3,12,14,16-17,20H,1,4-11H2/t14-,16-,17+/m1/s1. The molecule has 4 fully saturated rings. The minimum atomic E-state index is 0.421. The molecule has 0 bridgehead atoms. The van der Waals surface area contributed by atoms with Gasteiger partial charge in [-0.25, -0.2) is 4.98 Å². The topological polar surface area (TPSA) is 46.6 Å². The van der Waals surface area contributed by atoms with Crippen LogP contribution >= 0.6 is 0 Å². The molecular weight excluding hydrogens is 290 g/mol. The van der Waals surface area contributed by atoms with Gasteiger partial charge in [0, 0.05) is 37.1 Å². The van der Waals surface area contributed by atoms with Gasteiger partial charge in [0.05, 0.1) is 31.2 Å². The number of nitrogens with one attached hydrogen (secondary N) is 1. The second-order valence-corrected chi connectivity index (χ2v) is 7.46. The van der Waals surface area contributed by atoms with Crippen molar-refractivity contribution in [3.63, 3.8) is 0 Å². The molecule has 5 rings (SSSR count). The van der Waals surface area contributed by atoms with Crippen molar-refractivity contribution in [2.45, 2.75) is 37.8 Å². The fourth-order valence-corrected chi connectivity index (χ4v) is 5.09. The zero-order chi connectivity index (χ0) is 15.3. The number of pyridine rings is 1. The average molecular weight is 315 g/mol. The Kier molecular flexibility index (Phi) is 3.27. The van der Waals surface area contributed by atoms with E-state index in [-0.39, 0.29) is 0 Å². The van der Waals surface area contributed by atoms with Gasteiger partial charge in [0.25, 0.3) is 0 Å². The van der Waals surface area contributed by atoms with Gasteiger partial charge in [-0.15, -0.1) is 0 Å². The zero-order valence-corrected chi connectivity index (χ0v) is 13.5.